The molecule has 2 rings (SSSR count). The van der Waals surface area contributed by atoms with Crippen molar-refractivity contribution < 1.29 is 4.79 Å². The van der Waals surface area contributed by atoms with E-state index in [2.05, 4.69) is 10.4 Å². The summed E-state index contributed by atoms with van der Waals surface area (Å²) in [7, 11) is 0. The second-order valence-electron chi connectivity index (χ2n) is 4.86. The number of carbonyl (C=O) groups is 1. The van der Waals surface area contributed by atoms with Gasteiger partial charge in [0.2, 0.25) is 0 Å². The lowest BCUT2D eigenvalue weighted by molar-refractivity contribution is 0.0924. The average Bonchev–Trinajstić information content (AvgIpc) is 2.96. The SMILES string of the molecule is CCc1cc(C(=O)NC2CCCC2N)n(CC)n1. The molecule has 1 amide bonds. The number of aromatic nitrogens is 2. The summed E-state index contributed by atoms with van der Waals surface area (Å²) in [5, 5.41) is 7.42. The van der Waals surface area contributed by atoms with Crippen molar-refractivity contribution in [3.8, 4) is 0 Å². The zero-order chi connectivity index (χ0) is 13.1. The molecular weight excluding hydrogens is 228 g/mol. The van der Waals surface area contributed by atoms with Crippen molar-refractivity contribution in [2.24, 2.45) is 5.73 Å². The average molecular weight is 250 g/mol. The van der Waals surface area contributed by atoms with E-state index in [9.17, 15) is 4.79 Å². The van der Waals surface area contributed by atoms with E-state index in [0.29, 0.717) is 12.2 Å². The van der Waals surface area contributed by atoms with Gasteiger partial charge in [0.1, 0.15) is 5.69 Å². The first-order valence-electron chi connectivity index (χ1n) is 6.78. The Labute approximate surface area is 108 Å². The Morgan fingerprint density at radius 2 is 2.33 bits per heavy atom. The molecule has 0 radical (unpaired) electrons. The number of carbonyl (C=O) groups excluding carboxylic acids is 1. The molecule has 18 heavy (non-hydrogen) atoms. The van der Waals surface area contributed by atoms with Gasteiger partial charge in [-0.1, -0.05) is 6.92 Å². The normalized spacial score (nSPS) is 23.3. The molecule has 0 bridgehead atoms. The third kappa shape index (κ3) is 2.56. The lowest BCUT2D eigenvalue weighted by atomic mass is 10.2. The molecule has 2 atom stereocenters. The molecule has 0 aliphatic heterocycles. The van der Waals surface area contributed by atoms with Crippen molar-refractivity contribution in [3.05, 3.63) is 17.5 Å². The van der Waals surface area contributed by atoms with E-state index >= 15 is 0 Å². The summed E-state index contributed by atoms with van der Waals surface area (Å²) in [6.07, 6.45) is 3.92. The maximum atomic E-state index is 12.2. The summed E-state index contributed by atoms with van der Waals surface area (Å²) < 4.78 is 1.76. The van der Waals surface area contributed by atoms with Gasteiger partial charge in [0.25, 0.3) is 5.91 Å². The van der Waals surface area contributed by atoms with Crippen LogP contribution in [-0.4, -0.2) is 27.8 Å². The topological polar surface area (TPSA) is 72.9 Å². The number of aryl methyl sites for hydroxylation is 2. The molecule has 1 heterocycles. The quantitative estimate of drug-likeness (QED) is 0.839. The van der Waals surface area contributed by atoms with E-state index in [-0.39, 0.29) is 18.0 Å². The Bertz CT molecular complexity index is 427. The molecule has 2 unspecified atom stereocenters. The summed E-state index contributed by atoms with van der Waals surface area (Å²) in [5.74, 6) is -0.0496. The summed E-state index contributed by atoms with van der Waals surface area (Å²) >= 11 is 0. The van der Waals surface area contributed by atoms with Crippen LogP contribution >= 0.6 is 0 Å². The van der Waals surface area contributed by atoms with Crippen LogP contribution in [0.3, 0.4) is 0 Å². The van der Waals surface area contributed by atoms with Crippen LogP contribution in [0.4, 0.5) is 0 Å². The molecule has 1 fully saturated rings. The van der Waals surface area contributed by atoms with Gasteiger partial charge in [-0.05, 0) is 38.7 Å². The Kier molecular flexibility index (Phi) is 4.01. The molecule has 0 spiro atoms. The molecule has 1 saturated carbocycles. The first kappa shape index (κ1) is 13.1. The summed E-state index contributed by atoms with van der Waals surface area (Å²) in [4.78, 5) is 12.2. The first-order valence-corrected chi connectivity index (χ1v) is 6.78. The largest absolute Gasteiger partial charge is 0.346 e. The molecule has 1 aliphatic rings. The second kappa shape index (κ2) is 5.52. The van der Waals surface area contributed by atoms with E-state index in [1.165, 1.54) is 0 Å². The van der Waals surface area contributed by atoms with Gasteiger partial charge in [-0.25, -0.2) is 0 Å². The number of hydrogen-bond acceptors (Lipinski definition) is 3. The minimum Gasteiger partial charge on any atom is -0.346 e. The Morgan fingerprint density at radius 3 is 2.89 bits per heavy atom. The number of nitrogens with one attached hydrogen (secondary N) is 1. The van der Waals surface area contributed by atoms with Crippen LogP contribution in [0.2, 0.25) is 0 Å². The van der Waals surface area contributed by atoms with Crippen molar-refractivity contribution in [1.82, 2.24) is 15.1 Å². The van der Waals surface area contributed by atoms with Crippen molar-refractivity contribution in [2.45, 2.75) is 58.2 Å². The van der Waals surface area contributed by atoms with Crippen LogP contribution in [0.25, 0.3) is 0 Å². The van der Waals surface area contributed by atoms with Gasteiger partial charge in [-0.3, -0.25) is 9.48 Å². The monoisotopic (exact) mass is 250 g/mol. The fourth-order valence-electron chi connectivity index (χ4n) is 2.48. The molecule has 1 aliphatic carbocycles. The second-order valence-corrected chi connectivity index (χ2v) is 4.86. The standard InChI is InChI=1S/C13H22N4O/c1-3-9-8-12(17(4-2)16-9)13(18)15-11-7-5-6-10(11)14/h8,10-11H,3-7,14H2,1-2H3,(H,15,18). The Morgan fingerprint density at radius 1 is 1.56 bits per heavy atom. The molecule has 5 nitrogen and oxygen atoms in total. The fraction of sp³-hybridized carbons (Fsp3) is 0.692. The van der Waals surface area contributed by atoms with Gasteiger partial charge in [0, 0.05) is 18.6 Å². The summed E-state index contributed by atoms with van der Waals surface area (Å²) in [6.45, 7) is 4.74. The molecule has 1 aromatic heterocycles. The van der Waals surface area contributed by atoms with Gasteiger partial charge in [-0.2, -0.15) is 5.10 Å². The van der Waals surface area contributed by atoms with E-state index in [0.717, 1.165) is 31.4 Å². The lowest BCUT2D eigenvalue weighted by Gasteiger charge is -2.17. The number of hydrogen-bond donors (Lipinski definition) is 2. The number of nitrogens with two attached hydrogens (primary N) is 1. The smallest absolute Gasteiger partial charge is 0.269 e. The van der Waals surface area contributed by atoms with Crippen molar-refractivity contribution in [2.75, 3.05) is 0 Å². The molecule has 100 valence electrons. The summed E-state index contributed by atoms with van der Waals surface area (Å²) in [6, 6.07) is 2.08. The molecule has 0 saturated heterocycles. The van der Waals surface area contributed by atoms with Gasteiger partial charge in [-0.15, -0.1) is 0 Å². The first-order chi connectivity index (χ1) is 8.65. The maximum Gasteiger partial charge on any atom is 0.269 e. The highest BCUT2D eigenvalue weighted by atomic mass is 16.2. The van der Waals surface area contributed by atoms with Crippen LogP contribution in [0, 0.1) is 0 Å². The predicted octanol–water partition coefficient (Wildman–Crippen LogP) is 1.07. The van der Waals surface area contributed by atoms with Crippen LogP contribution in [0.15, 0.2) is 6.07 Å². The van der Waals surface area contributed by atoms with Crippen LogP contribution < -0.4 is 11.1 Å². The van der Waals surface area contributed by atoms with Crippen LogP contribution in [0.5, 0.6) is 0 Å². The third-order valence-corrected chi connectivity index (χ3v) is 3.61. The highest BCUT2D eigenvalue weighted by Crippen LogP contribution is 2.17. The molecular formula is C13H22N4O. The minimum atomic E-state index is -0.0496. The van der Waals surface area contributed by atoms with E-state index in [1.807, 2.05) is 19.9 Å². The highest BCUT2D eigenvalue weighted by molar-refractivity contribution is 5.93. The zero-order valence-corrected chi connectivity index (χ0v) is 11.1. The van der Waals surface area contributed by atoms with Gasteiger partial charge < -0.3 is 11.1 Å². The van der Waals surface area contributed by atoms with Gasteiger partial charge in [0.05, 0.1) is 5.69 Å². The minimum absolute atomic E-state index is 0.0496. The molecule has 3 N–H and O–H groups in total. The number of nitrogens with zero attached hydrogens (tertiary/aromatic N) is 2. The Balaban J connectivity index is 2.10. The number of rotatable bonds is 4. The maximum absolute atomic E-state index is 12.2. The third-order valence-electron chi connectivity index (χ3n) is 3.61. The molecule has 1 aromatic rings. The van der Waals surface area contributed by atoms with Crippen molar-refractivity contribution >= 4 is 5.91 Å². The van der Waals surface area contributed by atoms with E-state index in [4.69, 9.17) is 5.73 Å². The van der Waals surface area contributed by atoms with Gasteiger partial charge >= 0.3 is 0 Å². The number of amides is 1. The van der Waals surface area contributed by atoms with Crippen molar-refractivity contribution in [3.63, 3.8) is 0 Å². The molecule has 0 aromatic carbocycles. The zero-order valence-electron chi connectivity index (χ0n) is 11.1. The highest BCUT2D eigenvalue weighted by Gasteiger charge is 2.26. The van der Waals surface area contributed by atoms with Crippen LogP contribution in [0.1, 0.15) is 49.3 Å². The van der Waals surface area contributed by atoms with Crippen LogP contribution in [-0.2, 0) is 13.0 Å². The van der Waals surface area contributed by atoms with Gasteiger partial charge in [0.15, 0.2) is 0 Å². The molecule has 5 heteroatoms. The van der Waals surface area contributed by atoms with Crippen molar-refractivity contribution in [1.29, 1.82) is 0 Å². The lowest BCUT2D eigenvalue weighted by Crippen LogP contribution is -2.44. The predicted molar refractivity (Wildman–Crippen MR) is 70.4 cm³/mol. The van der Waals surface area contributed by atoms with E-state index in [1.54, 1.807) is 4.68 Å². The fourth-order valence-corrected chi connectivity index (χ4v) is 2.48. The summed E-state index contributed by atoms with van der Waals surface area (Å²) in [5.41, 5.74) is 7.57. The Hall–Kier alpha value is -1.36. The van der Waals surface area contributed by atoms with E-state index < -0.39 is 0 Å².